The molecule has 11 nitrogen and oxygen atoms in total. The topological polar surface area (TPSA) is 134 Å². The second-order valence-corrected chi connectivity index (χ2v) is 9.25. The maximum Gasteiger partial charge on any atom is 0.261 e. The number of methoxy groups -OCH3 is 2. The SMILES string of the molecule is COc1cc2nccc(Oc3ccc(NC(=O)c4c(C)nc(C)c(-c5cc(C)nn5C)c4O)cc3F)c2nc1OC. The summed E-state index contributed by atoms with van der Waals surface area (Å²) in [6, 6.07) is 8.96. The Kier molecular flexibility index (Phi) is 7.14. The molecule has 1 amide bonds. The van der Waals surface area contributed by atoms with Crippen molar-refractivity contribution >= 4 is 22.6 Å². The molecule has 0 saturated carbocycles. The number of carbonyl (C=O) groups is 1. The van der Waals surface area contributed by atoms with E-state index in [1.54, 1.807) is 43.8 Å². The van der Waals surface area contributed by atoms with Crippen LogP contribution in [0.3, 0.4) is 0 Å². The molecule has 0 aliphatic heterocycles. The van der Waals surface area contributed by atoms with Gasteiger partial charge in [-0.15, -0.1) is 0 Å². The van der Waals surface area contributed by atoms with E-state index in [0.29, 0.717) is 39.4 Å². The summed E-state index contributed by atoms with van der Waals surface area (Å²) < 4.78 is 33.1. The molecule has 4 heterocycles. The second kappa shape index (κ2) is 10.7. The van der Waals surface area contributed by atoms with E-state index in [0.717, 1.165) is 11.8 Å². The molecule has 0 spiro atoms. The molecule has 0 aliphatic rings. The van der Waals surface area contributed by atoms with E-state index >= 15 is 4.39 Å². The zero-order chi connectivity index (χ0) is 29.4. The molecule has 0 bridgehead atoms. The molecule has 0 radical (unpaired) electrons. The minimum atomic E-state index is -0.734. The van der Waals surface area contributed by atoms with Gasteiger partial charge in [0.15, 0.2) is 23.1 Å². The number of rotatable bonds is 7. The van der Waals surface area contributed by atoms with Crippen molar-refractivity contribution in [3.63, 3.8) is 0 Å². The van der Waals surface area contributed by atoms with Crippen LogP contribution in [0.15, 0.2) is 42.6 Å². The molecule has 2 N–H and O–H groups in total. The van der Waals surface area contributed by atoms with E-state index in [1.165, 1.54) is 32.5 Å². The lowest BCUT2D eigenvalue weighted by atomic mass is 10.0. The standard InChI is InChI=1S/C29H27FN6O5/c1-14-11-20(36(4)35-14)24-15(2)32-16(3)25(27(24)37)28(38)33-17-7-8-21(18(30)12-17)41-22-9-10-31-19-13-23(39-5)29(40-6)34-26(19)22/h7-13H,1-6H3,(H,32,37)(H,33,38). The fraction of sp³-hybridized carbons (Fsp3) is 0.207. The second-order valence-electron chi connectivity index (χ2n) is 9.25. The third-order valence-corrected chi connectivity index (χ3v) is 6.45. The number of fused-ring (bicyclic) bond motifs is 1. The number of nitrogens with zero attached hydrogens (tertiary/aromatic N) is 5. The number of ether oxygens (including phenoxy) is 3. The van der Waals surface area contributed by atoms with Gasteiger partial charge in [-0.1, -0.05) is 0 Å². The number of benzene rings is 1. The maximum atomic E-state index is 15.2. The molecule has 0 unspecified atom stereocenters. The Morgan fingerprint density at radius 3 is 2.41 bits per heavy atom. The third-order valence-electron chi connectivity index (χ3n) is 6.45. The minimum Gasteiger partial charge on any atom is -0.506 e. The van der Waals surface area contributed by atoms with Crippen molar-refractivity contribution in [1.29, 1.82) is 0 Å². The van der Waals surface area contributed by atoms with Crippen LogP contribution in [0.4, 0.5) is 10.1 Å². The Morgan fingerprint density at radius 2 is 1.76 bits per heavy atom. The molecule has 4 aromatic heterocycles. The number of hydrogen-bond donors (Lipinski definition) is 2. The van der Waals surface area contributed by atoms with E-state index in [1.807, 2.05) is 6.92 Å². The minimum absolute atomic E-state index is 0.0242. The number of aryl methyl sites for hydroxylation is 4. The van der Waals surface area contributed by atoms with Crippen LogP contribution in [0.1, 0.15) is 27.4 Å². The average molecular weight is 559 g/mol. The van der Waals surface area contributed by atoms with Crippen molar-refractivity contribution in [2.24, 2.45) is 7.05 Å². The first-order valence-corrected chi connectivity index (χ1v) is 12.5. The van der Waals surface area contributed by atoms with Gasteiger partial charge in [0.1, 0.15) is 16.8 Å². The van der Waals surface area contributed by atoms with E-state index in [2.05, 4.69) is 25.4 Å². The molecule has 12 heteroatoms. The fourth-order valence-electron chi connectivity index (χ4n) is 4.61. The Labute approximate surface area is 234 Å². The monoisotopic (exact) mass is 558 g/mol. The summed E-state index contributed by atoms with van der Waals surface area (Å²) in [4.78, 5) is 26.4. The highest BCUT2D eigenvalue weighted by atomic mass is 19.1. The molecule has 5 rings (SSSR count). The number of anilines is 1. The summed E-state index contributed by atoms with van der Waals surface area (Å²) in [6.45, 7) is 5.19. The first-order valence-electron chi connectivity index (χ1n) is 12.5. The number of amides is 1. The van der Waals surface area contributed by atoms with Crippen LogP contribution in [0.25, 0.3) is 22.3 Å². The van der Waals surface area contributed by atoms with Crippen molar-refractivity contribution in [2.75, 3.05) is 19.5 Å². The van der Waals surface area contributed by atoms with E-state index in [9.17, 15) is 9.90 Å². The van der Waals surface area contributed by atoms with E-state index < -0.39 is 11.7 Å². The number of aromatic hydroxyl groups is 1. The lowest BCUT2D eigenvalue weighted by Gasteiger charge is -2.15. The van der Waals surface area contributed by atoms with Crippen LogP contribution in [0.2, 0.25) is 0 Å². The van der Waals surface area contributed by atoms with Gasteiger partial charge in [0.05, 0.1) is 48.1 Å². The van der Waals surface area contributed by atoms with Crippen LogP contribution < -0.4 is 19.5 Å². The first-order chi connectivity index (χ1) is 19.6. The third kappa shape index (κ3) is 5.07. The highest BCUT2D eigenvalue weighted by Gasteiger charge is 2.24. The number of hydrogen-bond acceptors (Lipinski definition) is 9. The smallest absolute Gasteiger partial charge is 0.261 e. The van der Waals surface area contributed by atoms with Gasteiger partial charge < -0.3 is 24.6 Å². The summed E-state index contributed by atoms with van der Waals surface area (Å²) in [7, 11) is 4.68. The predicted molar refractivity (Wildman–Crippen MR) is 149 cm³/mol. The van der Waals surface area contributed by atoms with Gasteiger partial charge in [-0.05, 0) is 39.0 Å². The van der Waals surface area contributed by atoms with Gasteiger partial charge in [-0.3, -0.25) is 19.4 Å². The van der Waals surface area contributed by atoms with Gasteiger partial charge in [0.2, 0.25) is 0 Å². The largest absolute Gasteiger partial charge is 0.506 e. The zero-order valence-corrected chi connectivity index (χ0v) is 23.2. The van der Waals surface area contributed by atoms with Crippen LogP contribution in [-0.4, -0.2) is 50.0 Å². The molecule has 210 valence electrons. The van der Waals surface area contributed by atoms with Gasteiger partial charge in [0, 0.05) is 37.1 Å². The quantitative estimate of drug-likeness (QED) is 0.274. The maximum absolute atomic E-state index is 15.2. The van der Waals surface area contributed by atoms with E-state index in [-0.39, 0.29) is 34.4 Å². The van der Waals surface area contributed by atoms with Gasteiger partial charge in [0.25, 0.3) is 11.8 Å². The van der Waals surface area contributed by atoms with Crippen molar-refractivity contribution in [2.45, 2.75) is 20.8 Å². The molecule has 0 saturated heterocycles. The molecular formula is C29H27FN6O5. The van der Waals surface area contributed by atoms with Gasteiger partial charge in [-0.2, -0.15) is 5.10 Å². The summed E-state index contributed by atoms with van der Waals surface area (Å²) in [5.74, 6) is -0.855. The van der Waals surface area contributed by atoms with Crippen LogP contribution in [0, 0.1) is 26.6 Å². The molecule has 0 atom stereocenters. The van der Waals surface area contributed by atoms with Crippen molar-refractivity contribution in [1.82, 2.24) is 24.7 Å². The van der Waals surface area contributed by atoms with Crippen LogP contribution in [0.5, 0.6) is 28.9 Å². The normalized spacial score (nSPS) is 11.0. The Hall–Kier alpha value is -5.26. The lowest BCUT2D eigenvalue weighted by molar-refractivity contribution is 0.102. The van der Waals surface area contributed by atoms with Crippen molar-refractivity contribution in [3.8, 4) is 40.1 Å². The van der Waals surface area contributed by atoms with Crippen LogP contribution >= 0.6 is 0 Å². The molecule has 5 aromatic rings. The first kappa shape index (κ1) is 27.3. The van der Waals surface area contributed by atoms with E-state index in [4.69, 9.17) is 14.2 Å². The molecule has 0 fully saturated rings. The molecule has 1 aromatic carbocycles. The molecule has 41 heavy (non-hydrogen) atoms. The van der Waals surface area contributed by atoms with Gasteiger partial charge >= 0.3 is 0 Å². The van der Waals surface area contributed by atoms with Crippen molar-refractivity contribution < 1.29 is 28.5 Å². The number of pyridine rings is 3. The highest BCUT2D eigenvalue weighted by Crippen LogP contribution is 2.37. The fourth-order valence-corrected chi connectivity index (χ4v) is 4.61. The number of aromatic nitrogens is 5. The summed E-state index contributed by atoms with van der Waals surface area (Å²) in [5, 5.41) is 18.1. The number of halogens is 1. The number of carbonyl (C=O) groups excluding carboxylic acids is 1. The lowest BCUT2D eigenvalue weighted by Crippen LogP contribution is -2.16. The Balaban J connectivity index is 1.43. The molecular weight excluding hydrogens is 531 g/mol. The summed E-state index contributed by atoms with van der Waals surface area (Å²) >= 11 is 0. The van der Waals surface area contributed by atoms with Crippen LogP contribution in [-0.2, 0) is 7.05 Å². The average Bonchev–Trinajstić information content (AvgIpc) is 3.26. The zero-order valence-electron chi connectivity index (χ0n) is 23.2. The Bertz CT molecular complexity index is 1820. The number of nitrogens with one attached hydrogen (secondary N) is 1. The summed E-state index contributed by atoms with van der Waals surface area (Å²) in [6.07, 6.45) is 1.50. The van der Waals surface area contributed by atoms with Crippen molar-refractivity contribution in [3.05, 3.63) is 71.1 Å². The predicted octanol–water partition coefficient (Wildman–Crippen LogP) is 5.26. The van der Waals surface area contributed by atoms with Gasteiger partial charge in [-0.25, -0.2) is 9.37 Å². The summed E-state index contributed by atoms with van der Waals surface area (Å²) in [5.41, 5.74) is 3.56. The Morgan fingerprint density at radius 1 is 0.976 bits per heavy atom. The highest BCUT2D eigenvalue weighted by molar-refractivity contribution is 6.08. The molecule has 0 aliphatic carbocycles.